The number of hydrogen-bond acceptors (Lipinski definition) is 4. The van der Waals surface area contributed by atoms with Gasteiger partial charge in [-0.3, -0.25) is 0 Å². The molecule has 0 amide bonds. The van der Waals surface area contributed by atoms with Gasteiger partial charge in [0.15, 0.2) is 6.29 Å². The molecule has 0 saturated carbocycles. The van der Waals surface area contributed by atoms with Crippen LogP contribution in [0.25, 0.3) is 5.57 Å². The number of aryl methyl sites for hydroxylation is 2. The maximum Gasteiger partial charge on any atom is 0.180 e. The topological polar surface area (TPSA) is 30.9 Å². The Bertz CT molecular complexity index is 855. The number of anilines is 1. The smallest absolute Gasteiger partial charge is 0.180 e. The van der Waals surface area contributed by atoms with Crippen molar-refractivity contribution >= 4 is 11.3 Å². The van der Waals surface area contributed by atoms with Crippen molar-refractivity contribution in [2.75, 3.05) is 38.8 Å². The highest BCUT2D eigenvalue weighted by molar-refractivity contribution is 5.83. The Morgan fingerprint density at radius 3 is 2.62 bits per heavy atom. The number of methoxy groups -OCH3 is 2. The lowest BCUT2D eigenvalue weighted by Gasteiger charge is -2.22. The third-order valence-electron chi connectivity index (χ3n) is 6.00. The van der Waals surface area contributed by atoms with E-state index >= 15 is 0 Å². The first kappa shape index (κ1) is 20.1. The molecule has 1 saturated heterocycles. The van der Waals surface area contributed by atoms with Gasteiger partial charge in [0.1, 0.15) is 0 Å². The molecule has 0 aromatic heterocycles. The minimum absolute atomic E-state index is 0.221. The minimum atomic E-state index is -0.293. The summed E-state index contributed by atoms with van der Waals surface area (Å²) in [5.74, 6) is 0. The highest BCUT2D eigenvalue weighted by Crippen LogP contribution is 2.33. The molecule has 0 spiro atoms. The lowest BCUT2D eigenvalue weighted by Crippen LogP contribution is -2.27. The van der Waals surface area contributed by atoms with Crippen LogP contribution in [-0.4, -0.2) is 46.3 Å². The van der Waals surface area contributed by atoms with E-state index in [0.29, 0.717) is 6.61 Å². The molecule has 154 valence electrons. The van der Waals surface area contributed by atoms with Gasteiger partial charge < -0.3 is 19.1 Å². The Morgan fingerprint density at radius 2 is 1.86 bits per heavy atom. The van der Waals surface area contributed by atoms with Crippen molar-refractivity contribution in [3.63, 3.8) is 0 Å². The van der Waals surface area contributed by atoms with Crippen LogP contribution in [0.3, 0.4) is 0 Å². The zero-order chi connectivity index (χ0) is 20.2. The number of rotatable bonds is 7. The molecule has 0 N–H and O–H groups in total. The van der Waals surface area contributed by atoms with E-state index < -0.39 is 0 Å². The fraction of sp³-hybridized carbons (Fsp3) is 0.440. The zero-order valence-electron chi connectivity index (χ0n) is 17.7. The maximum absolute atomic E-state index is 5.97. The molecule has 0 bridgehead atoms. The highest BCUT2D eigenvalue weighted by Gasteiger charge is 2.24. The predicted octanol–water partition coefficient (Wildman–Crippen LogP) is 4.59. The Hall–Kier alpha value is -2.14. The van der Waals surface area contributed by atoms with Gasteiger partial charge in [0, 0.05) is 33.0 Å². The molecule has 4 heteroatoms. The van der Waals surface area contributed by atoms with Gasteiger partial charge in [-0.05, 0) is 60.6 Å². The molecule has 4 nitrogen and oxygen atoms in total. The summed E-state index contributed by atoms with van der Waals surface area (Å²) in [6, 6.07) is 15.8. The molecule has 1 aliphatic carbocycles. The second-order valence-corrected chi connectivity index (χ2v) is 7.95. The number of allylic oxidation sites excluding steroid dienone is 1. The van der Waals surface area contributed by atoms with Crippen LogP contribution < -0.4 is 4.90 Å². The summed E-state index contributed by atoms with van der Waals surface area (Å²) in [4.78, 5) is 2.40. The van der Waals surface area contributed by atoms with Crippen molar-refractivity contribution in [3.8, 4) is 0 Å². The van der Waals surface area contributed by atoms with Crippen LogP contribution in [0.2, 0.25) is 0 Å². The van der Waals surface area contributed by atoms with Gasteiger partial charge >= 0.3 is 0 Å². The Morgan fingerprint density at radius 1 is 1.07 bits per heavy atom. The van der Waals surface area contributed by atoms with Crippen LogP contribution in [0.15, 0.2) is 48.5 Å². The zero-order valence-corrected chi connectivity index (χ0v) is 17.7. The average Bonchev–Trinajstić information content (AvgIpc) is 3.23. The largest absolute Gasteiger partial charge is 0.371 e. The van der Waals surface area contributed by atoms with Gasteiger partial charge in [-0.2, -0.15) is 0 Å². The molecule has 1 fully saturated rings. The summed E-state index contributed by atoms with van der Waals surface area (Å²) < 4.78 is 16.4. The third kappa shape index (κ3) is 4.55. The van der Waals surface area contributed by atoms with Crippen LogP contribution >= 0.6 is 0 Å². The van der Waals surface area contributed by atoms with Crippen molar-refractivity contribution < 1.29 is 14.2 Å². The summed E-state index contributed by atoms with van der Waals surface area (Å²) in [5, 5.41) is 0. The molecule has 1 heterocycles. The third-order valence-corrected chi connectivity index (χ3v) is 6.00. The molecule has 0 radical (unpaired) electrons. The van der Waals surface area contributed by atoms with E-state index in [1.165, 1.54) is 33.5 Å². The Labute approximate surface area is 174 Å². The predicted molar refractivity (Wildman–Crippen MR) is 117 cm³/mol. The summed E-state index contributed by atoms with van der Waals surface area (Å²) in [6.07, 6.45) is 5.59. The molecule has 2 aromatic rings. The molecular weight excluding hydrogens is 362 g/mol. The monoisotopic (exact) mass is 393 g/mol. The molecular formula is C25H31NO3. The van der Waals surface area contributed by atoms with E-state index in [1.807, 2.05) is 0 Å². The average molecular weight is 394 g/mol. The second-order valence-electron chi connectivity index (χ2n) is 7.95. The molecule has 2 aliphatic rings. The quantitative estimate of drug-likeness (QED) is 0.644. The minimum Gasteiger partial charge on any atom is -0.371 e. The van der Waals surface area contributed by atoms with Crippen LogP contribution in [-0.2, 0) is 20.6 Å². The maximum atomic E-state index is 5.97. The number of benzene rings is 2. The van der Waals surface area contributed by atoms with Gasteiger partial charge in [-0.15, -0.1) is 0 Å². The van der Waals surface area contributed by atoms with E-state index in [-0.39, 0.29) is 12.4 Å². The van der Waals surface area contributed by atoms with E-state index in [9.17, 15) is 0 Å². The lowest BCUT2D eigenvalue weighted by atomic mass is 9.86. The van der Waals surface area contributed by atoms with Crippen LogP contribution in [0.5, 0.6) is 0 Å². The summed E-state index contributed by atoms with van der Waals surface area (Å²) in [6.45, 7) is 4.56. The number of ether oxygens (including phenoxy) is 3. The van der Waals surface area contributed by atoms with Crippen molar-refractivity contribution in [1.82, 2.24) is 0 Å². The number of hydrogen-bond donors (Lipinski definition) is 0. The molecule has 4 rings (SSSR count). The van der Waals surface area contributed by atoms with E-state index in [0.717, 1.165) is 32.4 Å². The summed E-state index contributed by atoms with van der Waals surface area (Å²) in [5.41, 5.74) is 8.12. The molecule has 1 atom stereocenters. The molecule has 1 aliphatic heterocycles. The van der Waals surface area contributed by atoms with Crippen LogP contribution in [0.4, 0.5) is 5.69 Å². The standard InChI is InChI=1S/C25H31NO3/c1-18-7-12-24-20(15-18)5-4-6-23(24)19-8-10-21(11-9-19)26-14-13-22(16-26)29-17-25(27-2)28-3/h6-12,15,22,25H,4-5,13-14,16-17H2,1-3H3/t22-/m0/s1. The molecule has 0 unspecified atom stereocenters. The SMILES string of the molecule is COC(CO[C@H]1CCN(c2ccc(C3=CCCc4cc(C)ccc43)cc2)C1)OC. The van der Waals surface area contributed by atoms with E-state index in [4.69, 9.17) is 14.2 Å². The first-order valence-corrected chi connectivity index (χ1v) is 10.5. The van der Waals surface area contributed by atoms with Gasteiger partial charge in [0.25, 0.3) is 0 Å². The summed E-state index contributed by atoms with van der Waals surface area (Å²) >= 11 is 0. The first-order valence-electron chi connectivity index (χ1n) is 10.5. The van der Waals surface area contributed by atoms with Gasteiger partial charge in [-0.1, -0.05) is 42.0 Å². The normalized spacial score (nSPS) is 18.8. The number of nitrogens with zero attached hydrogens (tertiary/aromatic N) is 1. The molecule has 29 heavy (non-hydrogen) atoms. The van der Waals surface area contributed by atoms with Crippen molar-refractivity contribution in [2.24, 2.45) is 0 Å². The first-order chi connectivity index (χ1) is 14.2. The van der Waals surface area contributed by atoms with Crippen molar-refractivity contribution in [2.45, 2.75) is 38.6 Å². The van der Waals surface area contributed by atoms with Crippen LogP contribution in [0, 0.1) is 6.92 Å². The second kappa shape index (κ2) is 9.12. The van der Waals surface area contributed by atoms with Crippen molar-refractivity contribution in [3.05, 3.63) is 70.8 Å². The van der Waals surface area contributed by atoms with Gasteiger partial charge in [0.2, 0.25) is 0 Å². The highest BCUT2D eigenvalue weighted by atomic mass is 16.7. The van der Waals surface area contributed by atoms with E-state index in [2.05, 4.69) is 60.4 Å². The van der Waals surface area contributed by atoms with E-state index in [1.54, 1.807) is 14.2 Å². The van der Waals surface area contributed by atoms with Crippen molar-refractivity contribution in [1.29, 1.82) is 0 Å². The van der Waals surface area contributed by atoms with Crippen LogP contribution in [0.1, 0.15) is 35.1 Å². The Kier molecular flexibility index (Phi) is 6.34. The van der Waals surface area contributed by atoms with Gasteiger partial charge in [0.05, 0.1) is 12.7 Å². The fourth-order valence-electron chi connectivity index (χ4n) is 4.34. The fourth-order valence-corrected chi connectivity index (χ4v) is 4.34. The summed E-state index contributed by atoms with van der Waals surface area (Å²) in [7, 11) is 3.28. The number of fused-ring (bicyclic) bond motifs is 1. The molecule has 2 aromatic carbocycles. The Balaban J connectivity index is 1.41. The van der Waals surface area contributed by atoms with Gasteiger partial charge in [-0.25, -0.2) is 0 Å². The lowest BCUT2D eigenvalue weighted by molar-refractivity contribution is -0.149.